The number of ether oxygens (including phenoxy) is 1. The zero-order valence-corrected chi connectivity index (χ0v) is 12.3. The number of hydrogen-bond acceptors (Lipinski definition) is 3. The van der Waals surface area contributed by atoms with Crippen LogP contribution in [0.3, 0.4) is 0 Å². The van der Waals surface area contributed by atoms with E-state index in [2.05, 4.69) is 5.32 Å². The van der Waals surface area contributed by atoms with Gasteiger partial charge in [-0.15, -0.1) is 0 Å². The van der Waals surface area contributed by atoms with Gasteiger partial charge >= 0.3 is 0 Å². The molecule has 1 aromatic carbocycles. The monoisotopic (exact) mass is 285 g/mol. The highest BCUT2D eigenvalue weighted by Gasteiger charge is 2.25. The average Bonchev–Trinajstić information content (AvgIpc) is 2.38. The second-order valence-corrected chi connectivity index (χ2v) is 5.12. The molecule has 1 rings (SSSR count). The summed E-state index contributed by atoms with van der Waals surface area (Å²) in [5.41, 5.74) is -0.0493. The Hall–Kier alpha value is -1.26. The summed E-state index contributed by atoms with van der Waals surface area (Å²) in [7, 11) is 1.51. The van der Waals surface area contributed by atoms with Gasteiger partial charge in [-0.1, -0.05) is 18.5 Å². The first-order chi connectivity index (χ1) is 8.95. The van der Waals surface area contributed by atoms with Gasteiger partial charge in [-0.25, -0.2) is 0 Å². The van der Waals surface area contributed by atoms with Crippen LogP contribution < -0.4 is 10.1 Å². The largest absolute Gasteiger partial charge is 0.496 e. The molecule has 19 heavy (non-hydrogen) atoms. The van der Waals surface area contributed by atoms with Crippen molar-refractivity contribution in [3.8, 4) is 5.75 Å². The molecule has 1 amide bonds. The van der Waals surface area contributed by atoms with Crippen LogP contribution in [0, 0.1) is 0 Å². The van der Waals surface area contributed by atoms with Crippen molar-refractivity contribution in [2.45, 2.75) is 32.2 Å². The zero-order chi connectivity index (χ0) is 14.5. The number of aliphatic hydroxyl groups is 1. The number of aliphatic hydroxyl groups excluding tert-OH is 1. The number of hydrogen-bond donors (Lipinski definition) is 2. The van der Waals surface area contributed by atoms with Crippen molar-refractivity contribution in [2.24, 2.45) is 0 Å². The van der Waals surface area contributed by atoms with E-state index in [1.807, 2.05) is 13.8 Å². The molecule has 0 aliphatic heterocycles. The van der Waals surface area contributed by atoms with Crippen LogP contribution in [0.1, 0.15) is 37.0 Å². The lowest BCUT2D eigenvalue weighted by molar-refractivity contribution is 0.0883. The molecule has 0 radical (unpaired) electrons. The number of rotatable bonds is 6. The van der Waals surface area contributed by atoms with Crippen molar-refractivity contribution in [1.29, 1.82) is 0 Å². The van der Waals surface area contributed by atoms with Gasteiger partial charge in [-0.05, 0) is 38.0 Å². The molecule has 0 heterocycles. The van der Waals surface area contributed by atoms with Gasteiger partial charge in [0.2, 0.25) is 0 Å². The van der Waals surface area contributed by atoms with Gasteiger partial charge in [-0.2, -0.15) is 0 Å². The van der Waals surface area contributed by atoms with Gasteiger partial charge in [0.05, 0.1) is 12.7 Å². The second-order valence-electron chi connectivity index (χ2n) is 4.69. The Labute approximate surface area is 118 Å². The minimum Gasteiger partial charge on any atom is -0.496 e. The highest BCUT2D eigenvalue weighted by molar-refractivity contribution is 6.31. The lowest BCUT2D eigenvalue weighted by atomic mass is 9.94. The summed E-state index contributed by atoms with van der Waals surface area (Å²) in [5.74, 6) is 0.224. The first-order valence-corrected chi connectivity index (χ1v) is 6.60. The van der Waals surface area contributed by atoms with Gasteiger partial charge in [-0.3, -0.25) is 4.79 Å². The molecule has 0 aliphatic rings. The van der Waals surface area contributed by atoms with Crippen molar-refractivity contribution in [1.82, 2.24) is 5.32 Å². The first kappa shape index (κ1) is 15.8. The maximum atomic E-state index is 12.3. The van der Waals surface area contributed by atoms with E-state index in [1.54, 1.807) is 18.2 Å². The summed E-state index contributed by atoms with van der Waals surface area (Å²) in [6.07, 6.45) is 1.22. The van der Waals surface area contributed by atoms with E-state index in [-0.39, 0.29) is 12.5 Å². The van der Waals surface area contributed by atoms with Gasteiger partial charge in [0, 0.05) is 17.2 Å². The number of amides is 1. The fourth-order valence-electron chi connectivity index (χ4n) is 1.77. The van der Waals surface area contributed by atoms with E-state index in [4.69, 9.17) is 21.4 Å². The summed E-state index contributed by atoms with van der Waals surface area (Å²) in [5, 5.41) is 12.5. The smallest absolute Gasteiger partial charge is 0.255 e. The van der Waals surface area contributed by atoms with Gasteiger partial charge in [0.25, 0.3) is 5.91 Å². The molecule has 0 saturated heterocycles. The zero-order valence-electron chi connectivity index (χ0n) is 11.5. The van der Waals surface area contributed by atoms with Crippen LogP contribution in [-0.2, 0) is 0 Å². The molecule has 1 aromatic rings. The van der Waals surface area contributed by atoms with Crippen molar-refractivity contribution < 1.29 is 14.6 Å². The maximum absolute atomic E-state index is 12.3. The number of carbonyl (C=O) groups excluding carboxylic acids is 1. The molecular formula is C14H20ClNO3. The Balaban J connectivity index is 2.97. The van der Waals surface area contributed by atoms with E-state index in [0.717, 1.165) is 6.42 Å². The van der Waals surface area contributed by atoms with Crippen LogP contribution in [-0.4, -0.2) is 30.3 Å². The molecule has 1 atom stereocenters. The molecular weight excluding hydrogens is 266 g/mol. The van der Waals surface area contributed by atoms with Gasteiger partial charge in [0.1, 0.15) is 5.75 Å². The lowest BCUT2D eigenvalue weighted by Gasteiger charge is -2.29. The van der Waals surface area contributed by atoms with Crippen LogP contribution in [0.5, 0.6) is 5.75 Å². The third-order valence-corrected chi connectivity index (χ3v) is 3.50. The molecule has 0 aliphatic carbocycles. The summed E-state index contributed by atoms with van der Waals surface area (Å²) in [4.78, 5) is 12.3. The number of halogens is 1. The standard InChI is InChI=1S/C14H20ClNO3/c1-4-14(2,7-8-17)16-13(18)11-9-10(15)5-6-12(11)19-3/h5-6,9,17H,4,7-8H2,1-3H3,(H,16,18). The average molecular weight is 286 g/mol. The van der Waals surface area contributed by atoms with E-state index < -0.39 is 5.54 Å². The van der Waals surface area contributed by atoms with Crippen molar-refractivity contribution in [3.63, 3.8) is 0 Å². The summed E-state index contributed by atoms with van der Waals surface area (Å²) in [6, 6.07) is 4.90. The number of carbonyl (C=O) groups is 1. The van der Waals surface area contributed by atoms with Crippen LogP contribution in [0.15, 0.2) is 18.2 Å². The van der Waals surface area contributed by atoms with Crippen LogP contribution in [0.4, 0.5) is 0 Å². The van der Waals surface area contributed by atoms with Gasteiger partial charge < -0.3 is 15.2 Å². The molecule has 0 saturated carbocycles. The second kappa shape index (κ2) is 6.78. The third-order valence-electron chi connectivity index (χ3n) is 3.27. The Morgan fingerprint density at radius 2 is 2.21 bits per heavy atom. The number of nitrogens with one attached hydrogen (secondary N) is 1. The fourth-order valence-corrected chi connectivity index (χ4v) is 1.95. The molecule has 4 nitrogen and oxygen atoms in total. The highest BCUT2D eigenvalue weighted by atomic mass is 35.5. The molecule has 0 spiro atoms. The quantitative estimate of drug-likeness (QED) is 0.845. The van der Waals surface area contributed by atoms with Crippen LogP contribution in [0.25, 0.3) is 0 Å². The Morgan fingerprint density at radius 3 is 2.74 bits per heavy atom. The normalized spacial score (nSPS) is 13.7. The van der Waals surface area contributed by atoms with E-state index in [9.17, 15) is 4.79 Å². The highest BCUT2D eigenvalue weighted by Crippen LogP contribution is 2.24. The number of benzene rings is 1. The topological polar surface area (TPSA) is 58.6 Å². The Kier molecular flexibility index (Phi) is 5.63. The minimum absolute atomic E-state index is 0.0251. The molecule has 0 fully saturated rings. The molecule has 0 bridgehead atoms. The van der Waals surface area contributed by atoms with E-state index >= 15 is 0 Å². The summed E-state index contributed by atoms with van der Waals surface area (Å²) < 4.78 is 5.16. The van der Waals surface area contributed by atoms with Crippen molar-refractivity contribution in [3.05, 3.63) is 28.8 Å². The minimum atomic E-state index is -0.445. The molecule has 106 valence electrons. The molecule has 1 unspecified atom stereocenters. The maximum Gasteiger partial charge on any atom is 0.255 e. The van der Waals surface area contributed by atoms with Gasteiger partial charge in [0.15, 0.2) is 0 Å². The number of methoxy groups -OCH3 is 1. The van der Waals surface area contributed by atoms with E-state index in [1.165, 1.54) is 7.11 Å². The van der Waals surface area contributed by atoms with Crippen LogP contribution >= 0.6 is 11.6 Å². The fraction of sp³-hybridized carbons (Fsp3) is 0.500. The molecule has 0 aromatic heterocycles. The predicted molar refractivity (Wildman–Crippen MR) is 75.9 cm³/mol. The summed E-state index contributed by atoms with van der Waals surface area (Å²) >= 11 is 5.91. The Bertz CT molecular complexity index is 450. The lowest BCUT2D eigenvalue weighted by Crippen LogP contribution is -2.46. The molecule has 5 heteroatoms. The Morgan fingerprint density at radius 1 is 1.53 bits per heavy atom. The van der Waals surface area contributed by atoms with Crippen LogP contribution in [0.2, 0.25) is 5.02 Å². The third kappa shape index (κ3) is 4.11. The van der Waals surface area contributed by atoms with E-state index in [0.29, 0.717) is 22.8 Å². The SMILES string of the molecule is CCC(C)(CCO)NC(=O)c1cc(Cl)ccc1OC. The van der Waals surface area contributed by atoms with Crippen molar-refractivity contribution in [2.75, 3.05) is 13.7 Å². The predicted octanol–water partition coefficient (Wildman–Crippen LogP) is 2.63. The van der Waals surface area contributed by atoms with Crippen molar-refractivity contribution >= 4 is 17.5 Å². The molecule has 2 N–H and O–H groups in total. The summed E-state index contributed by atoms with van der Waals surface area (Å²) in [6.45, 7) is 3.89. The first-order valence-electron chi connectivity index (χ1n) is 6.22.